The number of nitrogens with zero attached hydrogens (tertiary/aromatic N) is 3. The van der Waals surface area contributed by atoms with Gasteiger partial charge in [0.05, 0.1) is 17.8 Å². The number of nitrogens with one attached hydrogen (secondary N) is 1. The largest absolute Gasteiger partial charge is 0.297 e. The molecular weight excluding hydrogens is 224 g/mol. The van der Waals surface area contributed by atoms with E-state index in [1.807, 2.05) is 19.2 Å². The van der Waals surface area contributed by atoms with E-state index >= 15 is 0 Å². The van der Waals surface area contributed by atoms with Crippen molar-refractivity contribution in [2.75, 3.05) is 0 Å². The number of aryl methyl sites for hydroxylation is 1. The van der Waals surface area contributed by atoms with Crippen LogP contribution >= 0.6 is 0 Å². The molecule has 2 atom stereocenters. The molecule has 0 radical (unpaired) electrons. The third-order valence-corrected chi connectivity index (χ3v) is 4.11. The van der Waals surface area contributed by atoms with Gasteiger partial charge in [0.25, 0.3) is 0 Å². The SMILES string of the molecule is Cc1ccn(C2CCCC(C#N)(NC3CC3)C2)n1. The number of nitriles is 1. The highest BCUT2D eigenvalue weighted by Gasteiger charge is 2.41. The van der Waals surface area contributed by atoms with Crippen LogP contribution in [0.4, 0.5) is 0 Å². The molecule has 1 N–H and O–H groups in total. The van der Waals surface area contributed by atoms with Crippen LogP contribution in [0, 0.1) is 18.3 Å². The molecule has 0 spiro atoms. The van der Waals surface area contributed by atoms with Gasteiger partial charge in [0.1, 0.15) is 5.54 Å². The van der Waals surface area contributed by atoms with Gasteiger partial charge >= 0.3 is 0 Å². The zero-order valence-electron chi connectivity index (χ0n) is 10.9. The highest BCUT2D eigenvalue weighted by atomic mass is 15.3. The second kappa shape index (κ2) is 4.40. The van der Waals surface area contributed by atoms with Crippen LogP contribution in [-0.4, -0.2) is 21.4 Å². The van der Waals surface area contributed by atoms with E-state index < -0.39 is 0 Å². The van der Waals surface area contributed by atoms with E-state index in [0.717, 1.165) is 31.4 Å². The third kappa shape index (κ3) is 2.28. The first-order chi connectivity index (χ1) is 8.71. The second-order valence-electron chi connectivity index (χ2n) is 5.80. The Labute approximate surface area is 108 Å². The lowest BCUT2D eigenvalue weighted by atomic mass is 9.80. The molecule has 96 valence electrons. The maximum Gasteiger partial charge on any atom is 0.109 e. The van der Waals surface area contributed by atoms with Crippen molar-refractivity contribution >= 4 is 0 Å². The van der Waals surface area contributed by atoms with Gasteiger partial charge in [0.2, 0.25) is 0 Å². The maximum absolute atomic E-state index is 9.55. The van der Waals surface area contributed by atoms with Gasteiger partial charge in [-0.05, 0) is 45.1 Å². The molecule has 0 aliphatic heterocycles. The minimum absolute atomic E-state index is 0.316. The fourth-order valence-electron chi connectivity index (χ4n) is 2.99. The lowest BCUT2D eigenvalue weighted by molar-refractivity contribution is 0.218. The summed E-state index contributed by atoms with van der Waals surface area (Å²) in [6.45, 7) is 2.01. The number of rotatable bonds is 3. The van der Waals surface area contributed by atoms with E-state index in [9.17, 15) is 5.26 Å². The Morgan fingerprint density at radius 2 is 2.33 bits per heavy atom. The van der Waals surface area contributed by atoms with E-state index in [-0.39, 0.29) is 5.54 Å². The lowest BCUT2D eigenvalue weighted by Crippen LogP contribution is -2.49. The predicted octanol–water partition coefficient (Wildman–Crippen LogP) is 2.32. The van der Waals surface area contributed by atoms with Gasteiger partial charge in [0, 0.05) is 18.7 Å². The van der Waals surface area contributed by atoms with Crippen molar-refractivity contribution < 1.29 is 0 Å². The van der Waals surface area contributed by atoms with Crippen molar-refractivity contribution in [2.24, 2.45) is 0 Å². The minimum atomic E-state index is -0.316. The first kappa shape index (κ1) is 11.7. The molecule has 1 aromatic heterocycles. The number of aromatic nitrogens is 2. The van der Waals surface area contributed by atoms with E-state index in [4.69, 9.17) is 0 Å². The zero-order chi connectivity index (χ0) is 12.6. The van der Waals surface area contributed by atoms with Gasteiger partial charge in [-0.2, -0.15) is 10.4 Å². The van der Waals surface area contributed by atoms with Crippen LogP contribution in [0.3, 0.4) is 0 Å². The molecule has 0 amide bonds. The van der Waals surface area contributed by atoms with Crippen molar-refractivity contribution in [3.63, 3.8) is 0 Å². The monoisotopic (exact) mass is 244 g/mol. The van der Waals surface area contributed by atoms with Gasteiger partial charge < -0.3 is 0 Å². The Bertz CT molecular complexity index is 468. The fourth-order valence-corrected chi connectivity index (χ4v) is 2.99. The summed E-state index contributed by atoms with van der Waals surface area (Å²) in [5.74, 6) is 0. The minimum Gasteiger partial charge on any atom is -0.297 e. The molecule has 2 aliphatic carbocycles. The van der Waals surface area contributed by atoms with Crippen molar-refractivity contribution in [1.82, 2.24) is 15.1 Å². The molecule has 1 heterocycles. The van der Waals surface area contributed by atoms with Crippen molar-refractivity contribution in [3.8, 4) is 6.07 Å². The molecule has 2 unspecified atom stereocenters. The zero-order valence-corrected chi connectivity index (χ0v) is 10.9. The number of hydrogen-bond donors (Lipinski definition) is 1. The van der Waals surface area contributed by atoms with Crippen LogP contribution in [0.25, 0.3) is 0 Å². The normalized spacial score (nSPS) is 32.1. The van der Waals surface area contributed by atoms with Gasteiger partial charge in [-0.15, -0.1) is 0 Å². The standard InChI is InChI=1S/C14H20N4/c1-11-6-8-18(17-11)13-3-2-7-14(9-13,10-15)16-12-4-5-12/h6,8,12-13,16H,2-5,7,9H2,1H3. The average molecular weight is 244 g/mol. The molecule has 3 rings (SSSR count). The summed E-state index contributed by atoms with van der Waals surface area (Å²) in [5, 5.41) is 17.6. The fraction of sp³-hybridized carbons (Fsp3) is 0.714. The summed E-state index contributed by atoms with van der Waals surface area (Å²) in [6.07, 6.45) is 8.63. The van der Waals surface area contributed by atoms with Crippen LogP contribution in [0.15, 0.2) is 12.3 Å². The lowest BCUT2D eigenvalue weighted by Gasteiger charge is -2.36. The Hall–Kier alpha value is -1.34. The molecule has 4 nitrogen and oxygen atoms in total. The second-order valence-corrected chi connectivity index (χ2v) is 5.80. The summed E-state index contributed by atoms with van der Waals surface area (Å²) in [6, 6.07) is 5.54. The molecule has 4 heteroatoms. The molecular formula is C14H20N4. The smallest absolute Gasteiger partial charge is 0.109 e. The van der Waals surface area contributed by atoms with Gasteiger partial charge in [0.15, 0.2) is 0 Å². The summed E-state index contributed by atoms with van der Waals surface area (Å²) >= 11 is 0. The van der Waals surface area contributed by atoms with E-state index in [0.29, 0.717) is 12.1 Å². The van der Waals surface area contributed by atoms with Gasteiger partial charge in [-0.1, -0.05) is 0 Å². The Balaban J connectivity index is 1.75. The predicted molar refractivity (Wildman–Crippen MR) is 69.0 cm³/mol. The highest BCUT2D eigenvalue weighted by Crippen LogP contribution is 2.37. The van der Waals surface area contributed by atoms with Crippen LogP contribution in [0.2, 0.25) is 0 Å². The maximum atomic E-state index is 9.55. The first-order valence-corrected chi connectivity index (χ1v) is 6.91. The molecule has 1 aromatic rings. The molecule has 0 bridgehead atoms. The molecule has 2 fully saturated rings. The van der Waals surface area contributed by atoms with E-state index in [1.165, 1.54) is 12.8 Å². The van der Waals surface area contributed by atoms with Crippen LogP contribution in [0.5, 0.6) is 0 Å². The summed E-state index contributed by atoms with van der Waals surface area (Å²) in [7, 11) is 0. The molecule has 0 aromatic carbocycles. The van der Waals surface area contributed by atoms with E-state index in [2.05, 4.69) is 21.2 Å². The summed E-state index contributed by atoms with van der Waals surface area (Å²) in [4.78, 5) is 0. The highest BCUT2D eigenvalue weighted by molar-refractivity contribution is 5.13. The Kier molecular flexibility index (Phi) is 2.87. The Morgan fingerprint density at radius 1 is 1.50 bits per heavy atom. The van der Waals surface area contributed by atoms with Crippen LogP contribution in [-0.2, 0) is 0 Å². The first-order valence-electron chi connectivity index (χ1n) is 6.91. The number of hydrogen-bond acceptors (Lipinski definition) is 3. The molecule has 18 heavy (non-hydrogen) atoms. The van der Waals surface area contributed by atoms with Gasteiger partial charge in [-0.25, -0.2) is 0 Å². The third-order valence-electron chi connectivity index (χ3n) is 4.11. The van der Waals surface area contributed by atoms with Crippen molar-refractivity contribution in [3.05, 3.63) is 18.0 Å². The van der Waals surface area contributed by atoms with Crippen LogP contribution in [0.1, 0.15) is 50.3 Å². The van der Waals surface area contributed by atoms with Crippen molar-refractivity contribution in [1.29, 1.82) is 5.26 Å². The van der Waals surface area contributed by atoms with Crippen LogP contribution < -0.4 is 5.32 Å². The van der Waals surface area contributed by atoms with Gasteiger partial charge in [-0.3, -0.25) is 10.00 Å². The topological polar surface area (TPSA) is 53.6 Å². The molecule has 0 saturated heterocycles. The average Bonchev–Trinajstić information content (AvgIpc) is 3.08. The Morgan fingerprint density at radius 3 is 2.94 bits per heavy atom. The summed E-state index contributed by atoms with van der Waals surface area (Å²) in [5.41, 5.74) is 0.738. The molecule has 2 aliphatic rings. The molecule has 2 saturated carbocycles. The van der Waals surface area contributed by atoms with E-state index in [1.54, 1.807) is 0 Å². The van der Waals surface area contributed by atoms with Crippen molar-refractivity contribution in [2.45, 2.75) is 63.1 Å². The quantitative estimate of drug-likeness (QED) is 0.887. The summed E-state index contributed by atoms with van der Waals surface area (Å²) < 4.78 is 2.05.